The van der Waals surface area contributed by atoms with Crippen LogP contribution in [0.15, 0.2) is 90.1 Å². The summed E-state index contributed by atoms with van der Waals surface area (Å²) in [5.74, 6) is 1.07. The highest BCUT2D eigenvalue weighted by molar-refractivity contribution is 6.03. The molecule has 45 heavy (non-hydrogen) atoms. The molecule has 5 rings (SSSR count). The van der Waals surface area contributed by atoms with E-state index in [1.165, 1.54) is 10.5 Å². The summed E-state index contributed by atoms with van der Waals surface area (Å²) in [4.78, 5) is 39.7. The van der Waals surface area contributed by atoms with E-state index in [0.717, 1.165) is 45.5 Å². The van der Waals surface area contributed by atoms with Gasteiger partial charge in [-0.25, -0.2) is 9.78 Å². The number of carbonyl (C=O) groups excluding carboxylic acids is 1. The van der Waals surface area contributed by atoms with Crippen molar-refractivity contribution in [3.63, 3.8) is 0 Å². The van der Waals surface area contributed by atoms with E-state index in [-0.39, 0.29) is 23.4 Å². The molecule has 0 fully saturated rings. The molecule has 3 heterocycles. The van der Waals surface area contributed by atoms with E-state index in [1.807, 2.05) is 43.3 Å². The number of nitrogens with zero attached hydrogens (tertiary/aromatic N) is 3. The fourth-order valence-corrected chi connectivity index (χ4v) is 5.46. The summed E-state index contributed by atoms with van der Waals surface area (Å²) in [6, 6.07) is 21.5. The molecule has 8 heteroatoms. The van der Waals surface area contributed by atoms with Crippen LogP contribution in [0.3, 0.4) is 0 Å². The molecule has 5 aromatic rings. The number of hydrogen-bond acceptors (Lipinski definition) is 5. The zero-order valence-corrected chi connectivity index (χ0v) is 26.6. The van der Waals surface area contributed by atoms with E-state index in [4.69, 9.17) is 4.74 Å². The molecule has 0 aliphatic rings. The number of aromatic nitrogens is 3. The van der Waals surface area contributed by atoms with Crippen LogP contribution in [0.4, 0.5) is 16.2 Å². The third-order valence-corrected chi connectivity index (χ3v) is 7.83. The van der Waals surface area contributed by atoms with Crippen molar-refractivity contribution < 1.29 is 9.53 Å². The lowest BCUT2D eigenvalue weighted by molar-refractivity contribution is 0.256. The highest BCUT2D eigenvalue weighted by Crippen LogP contribution is 2.38. The standard InChI is InChI=1S/C37H41N5O3/c1-6-18-42(33-23-28-10-8-15-39-35(28)41-36(33)43)37(44)40-34-31(24(2)3)21-29(22-32(34)25(4)5)27-9-7-11-30(20-27)45-19-14-26-12-16-38-17-13-26/h7-13,15-17,20-25H,6,14,18-19H2,1-5H3,(H,40,44)(H,39,41,43). The van der Waals surface area contributed by atoms with Gasteiger partial charge in [0.25, 0.3) is 5.56 Å². The van der Waals surface area contributed by atoms with Crippen LogP contribution in [0.2, 0.25) is 0 Å². The zero-order chi connectivity index (χ0) is 31.9. The molecule has 2 N–H and O–H groups in total. The van der Waals surface area contributed by atoms with Gasteiger partial charge in [0.15, 0.2) is 0 Å². The number of ether oxygens (including phenoxy) is 1. The van der Waals surface area contributed by atoms with Gasteiger partial charge in [-0.1, -0.05) is 46.8 Å². The fraction of sp³-hybridized carbons (Fsp3) is 0.297. The summed E-state index contributed by atoms with van der Waals surface area (Å²) in [7, 11) is 0. The van der Waals surface area contributed by atoms with E-state index >= 15 is 0 Å². The Balaban J connectivity index is 1.46. The van der Waals surface area contributed by atoms with Gasteiger partial charge in [-0.15, -0.1) is 0 Å². The minimum atomic E-state index is -0.351. The highest BCUT2D eigenvalue weighted by atomic mass is 16.5. The Labute approximate surface area is 264 Å². The van der Waals surface area contributed by atoms with Crippen LogP contribution in [-0.2, 0) is 6.42 Å². The number of carbonyl (C=O) groups is 1. The number of hydrogen-bond donors (Lipinski definition) is 2. The van der Waals surface area contributed by atoms with Crippen molar-refractivity contribution in [3.8, 4) is 16.9 Å². The van der Waals surface area contributed by atoms with Gasteiger partial charge in [-0.2, -0.15) is 0 Å². The zero-order valence-electron chi connectivity index (χ0n) is 26.6. The van der Waals surface area contributed by atoms with Crippen molar-refractivity contribution in [3.05, 3.63) is 112 Å². The summed E-state index contributed by atoms with van der Waals surface area (Å²) in [6.07, 6.45) is 6.71. The molecule has 0 spiro atoms. The Morgan fingerprint density at radius 1 is 0.911 bits per heavy atom. The van der Waals surface area contributed by atoms with Gasteiger partial charge in [0.05, 0.1) is 6.61 Å². The second kappa shape index (κ2) is 14.2. The van der Waals surface area contributed by atoms with Crippen molar-refractivity contribution in [2.75, 3.05) is 23.4 Å². The number of rotatable bonds is 11. The number of urea groups is 1. The molecule has 2 aromatic carbocycles. The van der Waals surface area contributed by atoms with Crippen molar-refractivity contribution in [2.45, 2.75) is 59.3 Å². The summed E-state index contributed by atoms with van der Waals surface area (Å²) in [6.45, 7) is 11.5. The summed E-state index contributed by atoms with van der Waals surface area (Å²) >= 11 is 0. The molecule has 0 saturated carbocycles. The van der Waals surface area contributed by atoms with Gasteiger partial charge in [-0.05, 0) is 101 Å². The first-order valence-corrected chi connectivity index (χ1v) is 15.6. The van der Waals surface area contributed by atoms with Crippen molar-refractivity contribution >= 4 is 28.4 Å². The number of aromatic amines is 1. The lowest BCUT2D eigenvalue weighted by Crippen LogP contribution is -2.39. The summed E-state index contributed by atoms with van der Waals surface area (Å²) < 4.78 is 6.12. The van der Waals surface area contributed by atoms with Gasteiger partial charge < -0.3 is 15.0 Å². The van der Waals surface area contributed by atoms with E-state index < -0.39 is 0 Å². The predicted molar refractivity (Wildman–Crippen MR) is 183 cm³/mol. The first-order chi connectivity index (χ1) is 21.7. The van der Waals surface area contributed by atoms with Crippen molar-refractivity contribution in [1.82, 2.24) is 15.0 Å². The Morgan fingerprint density at radius 2 is 1.64 bits per heavy atom. The maximum Gasteiger partial charge on any atom is 0.326 e. The number of anilines is 2. The van der Waals surface area contributed by atoms with Gasteiger partial charge in [0.1, 0.15) is 17.1 Å². The smallest absolute Gasteiger partial charge is 0.326 e. The molecular formula is C37H41N5O3. The molecule has 0 aliphatic carbocycles. The number of pyridine rings is 3. The lowest BCUT2D eigenvalue weighted by atomic mass is 9.88. The van der Waals surface area contributed by atoms with Crippen LogP contribution in [-0.4, -0.2) is 34.1 Å². The van der Waals surface area contributed by atoms with E-state index in [9.17, 15) is 9.59 Å². The number of nitrogens with one attached hydrogen (secondary N) is 2. The predicted octanol–water partition coefficient (Wildman–Crippen LogP) is 8.30. The Bertz CT molecular complexity index is 1800. The normalized spacial score (nSPS) is 11.3. The first kappa shape index (κ1) is 31.4. The molecule has 0 saturated heterocycles. The summed E-state index contributed by atoms with van der Waals surface area (Å²) in [5.41, 5.74) is 6.57. The van der Waals surface area contributed by atoms with Gasteiger partial charge >= 0.3 is 6.03 Å². The number of fused-ring (bicyclic) bond motifs is 1. The maximum atomic E-state index is 14.0. The Hall–Kier alpha value is -4.98. The van der Waals surface area contributed by atoms with E-state index in [1.54, 1.807) is 24.7 Å². The van der Waals surface area contributed by atoms with Crippen LogP contribution in [0.5, 0.6) is 5.75 Å². The number of benzene rings is 2. The van der Waals surface area contributed by atoms with Crippen molar-refractivity contribution in [1.29, 1.82) is 0 Å². The van der Waals surface area contributed by atoms with Gasteiger partial charge in [0, 0.05) is 42.6 Å². The van der Waals surface area contributed by atoms with Crippen molar-refractivity contribution in [2.24, 2.45) is 0 Å². The SMILES string of the molecule is CCCN(C(=O)Nc1c(C(C)C)cc(-c2cccc(OCCc3ccncc3)c2)cc1C(C)C)c1cc2cccnc2[nH]c1=O. The number of amides is 2. The van der Waals surface area contributed by atoms with Crippen LogP contribution < -0.4 is 20.5 Å². The third-order valence-electron chi connectivity index (χ3n) is 7.83. The topological polar surface area (TPSA) is 100 Å². The lowest BCUT2D eigenvalue weighted by Gasteiger charge is -2.26. The quantitative estimate of drug-likeness (QED) is 0.158. The molecule has 8 nitrogen and oxygen atoms in total. The molecule has 3 aromatic heterocycles. The molecule has 2 amide bonds. The second-order valence-electron chi connectivity index (χ2n) is 11.8. The molecule has 0 bridgehead atoms. The second-order valence-corrected chi connectivity index (χ2v) is 11.8. The monoisotopic (exact) mass is 603 g/mol. The molecule has 0 radical (unpaired) electrons. The minimum absolute atomic E-state index is 0.132. The van der Waals surface area contributed by atoms with E-state index in [2.05, 4.69) is 72.2 Å². The fourth-order valence-electron chi connectivity index (χ4n) is 5.46. The van der Waals surface area contributed by atoms with Crippen LogP contribution in [0.1, 0.15) is 69.6 Å². The third kappa shape index (κ3) is 7.40. The molecule has 0 unspecified atom stereocenters. The Kier molecular flexibility index (Phi) is 9.92. The molecule has 0 aliphatic heterocycles. The molecule has 232 valence electrons. The molecular weight excluding hydrogens is 562 g/mol. The van der Waals surface area contributed by atoms with Crippen LogP contribution in [0, 0.1) is 0 Å². The van der Waals surface area contributed by atoms with Crippen LogP contribution >= 0.6 is 0 Å². The maximum absolute atomic E-state index is 14.0. The highest BCUT2D eigenvalue weighted by Gasteiger charge is 2.24. The van der Waals surface area contributed by atoms with Gasteiger partial charge in [0.2, 0.25) is 0 Å². The number of H-pyrrole nitrogens is 1. The Morgan fingerprint density at radius 3 is 2.33 bits per heavy atom. The average Bonchev–Trinajstić information content (AvgIpc) is 3.04. The van der Waals surface area contributed by atoms with E-state index in [0.29, 0.717) is 30.9 Å². The van der Waals surface area contributed by atoms with Crippen LogP contribution in [0.25, 0.3) is 22.2 Å². The average molecular weight is 604 g/mol. The minimum Gasteiger partial charge on any atom is -0.493 e. The van der Waals surface area contributed by atoms with Gasteiger partial charge in [-0.3, -0.25) is 14.7 Å². The summed E-state index contributed by atoms with van der Waals surface area (Å²) in [5, 5.41) is 3.99. The first-order valence-electron chi connectivity index (χ1n) is 15.6. The largest absolute Gasteiger partial charge is 0.493 e. The molecule has 0 atom stereocenters.